The van der Waals surface area contributed by atoms with Gasteiger partial charge in [0.2, 0.25) is 0 Å². The van der Waals surface area contributed by atoms with Crippen molar-refractivity contribution in [3.8, 4) is 0 Å². The third-order valence-corrected chi connectivity index (χ3v) is 4.06. The Hall–Kier alpha value is -2.04. The van der Waals surface area contributed by atoms with Crippen molar-refractivity contribution in [2.24, 2.45) is 10.9 Å². The van der Waals surface area contributed by atoms with Crippen LogP contribution in [0.5, 0.6) is 0 Å². The zero-order chi connectivity index (χ0) is 15.0. The molecule has 0 fully saturated rings. The molecule has 1 heterocycles. The van der Waals surface area contributed by atoms with Gasteiger partial charge in [-0.15, -0.1) is 0 Å². The largest absolute Gasteiger partial charge is 0.295 e. The minimum Gasteiger partial charge on any atom is -0.293 e. The Labute approximate surface area is 117 Å². The fraction of sp³-hybridized carbons (Fsp3) is 0.467. The molecule has 1 aliphatic heterocycles. The molecule has 0 radical (unpaired) electrons. The topological polar surface area (TPSA) is 72.6 Å². The first-order chi connectivity index (χ1) is 9.36. The van der Waals surface area contributed by atoms with E-state index < -0.39 is 4.92 Å². The summed E-state index contributed by atoms with van der Waals surface area (Å²) in [6.07, 6.45) is 0.863. The SMILES string of the molecule is CCC(C)c1cc2c(c([N+](=O)[O-])c1)N=C(C)C(C)C2=O. The lowest BCUT2D eigenvalue weighted by Gasteiger charge is -2.20. The van der Waals surface area contributed by atoms with Gasteiger partial charge in [0.1, 0.15) is 0 Å². The van der Waals surface area contributed by atoms with Crippen molar-refractivity contribution in [1.82, 2.24) is 0 Å². The molecule has 0 N–H and O–H groups in total. The van der Waals surface area contributed by atoms with E-state index in [9.17, 15) is 14.9 Å². The number of hydrogen-bond acceptors (Lipinski definition) is 4. The summed E-state index contributed by atoms with van der Waals surface area (Å²) >= 11 is 0. The van der Waals surface area contributed by atoms with Crippen LogP contribution in [0.2, 0.25) is 0 Å². The maximum Gasteiger partial charge on any atom is 0.295 e. The van der Waals surface area contributed by atoms with Crippen LogP contribution in [0.15, 0.2) is 17.1 Å². The minimum absolute atomic E-state index is 0.0719. The zero-order valence-electron chi connectivity index (χ0n) is 12.1. The first-order valence-electron chi connectivity index (χ1n) is 6.78. The molecule has 0 saturated heterocycles. The molecule has 106 valence electrons. The van der Waals surface area contributed by atoms with E-state index in [1.54, 1.807) is 26.0 Å². The van der Waals surface area contributed by atoms with Gasteiger partial charge in [0.15, 0.2) is 11.5 Å². The highest BCUT2D eigenvalue weighted by atomic mass is 16.6. The number of fused-ring (bicyclic) bond motifs is 1. The molecular formula is C15H18N2O3. The van der Waals surface area contributed by atoms with Crippen LogP contribution >= 0.6 is 0 Å². The monoisotopic (exact) mass is 274 g/mol. The fourth-order valence-corrected chi connectivity index (χ4v) is 2.30. The van der Waals surface area contributed by atoms with Crippen LogP contribution in [0, 0.1) is 16.0 Å². The normalized spacial score (nSPS) is 19.3. The van der Waals surface area contributed by atoms with Crippen molar-refractivity contribution in [1.29, 1.82) is 0 Å². The van der Waals surface area contributed by atoms with Crippen molar-refractivity contribution in [2.45, 2.75) is 40.0 Å². The molecule has 2 rings (SSSR count). The van der Waals surface area contributed by atoms with Gasteiger partial charge in [0, 0.05) is 11.8 Å². The van der Waals surface area contributed by atoms with Gasteiger partial charge in [-0.25, -0.2) is 4.99 Å². The predicted molar refractivity (Wildman–Crippen MR) is 78.1 cm³/mol. The van der Waals surface area contributed by atoms with E-state index >= 15 is 0 Å². The predicted octanol–water partition coefficient (Wildman–Crippen LogP) is 4.03. The minimum atomic E-state index is -0.454. The van der Waals surface area contributed by atoms with Crippen molar-refractivity contribution >= 4 is 22.9 Å². The number of carbonyl (C=O) groups is 1. The Morgan fingerprint density at radius 2 is 2.10 bits per heavy atom. The Bertz CT molecular complexity index is 620. The fourth-order valence-electron chi connectivity index (χ4n) is 2.30. The van der Waals surface area contributed by atoms with E-state index in [-0.39, 0.29) is 29.0 Å². The summed E-state index contributed by atoms with van der Waals surface area (Å²) in [6, 6.07) is 3.32. The third-order valence-electron chi connectivity index (χ3n) is 4.06. The highest BCUT2D eigenvalue weighted by Gasteiger charge is 2.31. The maximum atomic E-state index is 12.4. The van der Waals surface area contributed by atoms with Crippen LogP contribution in [-0.4, -0.2) is 16.4 Å². The Balaban J connectivity index is 2.73. The van der Waals surface area contributed by atoms with Gasteiger partial charge < -0.3 is 0 Å². The van der Waals surface area contributed by atoms with Crippen LogP contribution in [0.25, 0.3) is 0 Å². The molecule has 1 aromatic carbocycles. The summed E-state index contributed by atoms with van der Waals surface area (Å²) in [5.74, 6) is -0.218. The number of benzene rings is 1. The second-order valence-corrected chi connectivity index (χ2v) is 5.34. The highest BCUT2D eigenvalue weighted by Crippen LogP contribution is 2.39. The van der Waals surface area contributed by atoms with E-state index in [1.807, 2.05) is 13.8 Å². The number of nitro benzene ring substituents is 1. The number of nitro groups is 1. The van der Waals surface area contributed by atoms with Gasteiger partial charge in [-0.05, 0) is 37.8 Å². The summed E-state index contributed by atoms with van der Waals surface area (Å²) in [5.41, 5.74) is 1.97. The van der Waals surface area contributed by atoms with E-state index in [1.165, 1.54) is 0 Å². The third kappa shape index (κ3) is 2.24. The lowest BCUT2D eigenvalue weighted by Crippen LogP contribution is -2.23. The number of aliphatic imine (C=N–C) groups is 1. The lowest BCUT2D eigenvalue weighted by molar-refractivity contribution is -0.384. The molecule has 20 heavy (non-hydrogen) atoms. The summed E-state index contributed by atoms with van der Waals surface area (Å²) in [7, 11) is 0. The number of hydrogen-bond donors (Lipinski definition) is 0. The van der Waals surface area contributed by atoms with Gasteiger partial charge in [0.25, 0.3) is 5.69 Å². The first-order valence-corrected chi connectivity index (χ1v) is 6.78. The standard InChI is InChI=1S/C15H18N2O3/c1-5-8(2)11-6-12-14(13(7-11)17(19)20)16-10(4)9(3)15(12)18/h6-9H,5H2,1-4H3. The van der Waals surface area contributed by atoms with Gasteiger partial charge in [-0.2, -0.15) is 0 Å². The maximum absolute atomic E-state index is 12.4. The van der Waals surface area contributed by atoms with E-state index in [0.29, 0.717) is 11.3 Å². The molecule has 1 aliphatic rings. The van der Waals surface area contributed by atoms with Crippen molar-refractivity contribution < 1.29 is 9.72 Å². The molecule has 5 nitrogen and oxygen atoms in total. The second-order valence-electron chi connectivity index (χ2n) is 5.34. The molecule has 0 saturated carbocycles. The van der Waals surface area contributed by atoms with E-state index in [4.69, 9.17) is 0 Å². The van der Waals surface area contributed by atoms with Crippen LogP contribution in [-0.2, 0) is 0 Å². The van der Waals surface area contributed by atoms with Crippen molar-refractivity contribution in [3.63, 3.8) is 0 Å². The average molecular weight is 274 g/mol. The second kappa shape index (κ2) is 5.15. The quantitative estimate of drug-likeness (QED) is 0.617. The van der Waals surface area contributed by atoms with Crippen molar-refractivity contribution in [2.75, 3.05) is 0 Å². The molecule has 0 amide bonds. The molecule has 0 bridgehead atoms. The molecular weight excluding hydrogens is 256 g/mol. The van der Waals surface area contributed by atoms with Crippen LogP contribution in [0.4, 0.5) is 11.4 Å². The summed E-state index contributed by atoms with van der Waals surface area (Å²) in [4.78, 5) is 27.4. The van der Waals surface area contributed by atoms with Crippen LogP contribution in [0.3, 0.4) is 0 Å². The van der Waals surface area contributed by atoms with Gasteiger partial charge in [-0.1, -0.05) is 13.8 Å². The van der Waals surface area contributed by atoms with Crippen LogP contribution in [0.1, 0.15) is 56.0 Å². The Morgan fingerprint density at radius 1 is 1.45 bits per heavy atom. The van der Waals surface area contributed by atoms with Crippen molar-refractivity contribution in [3.05, 3.63) is 33.4 Å². The molecule has 1 aromatic rings. The molecule has 5 heteroatoms. The Kier molecular flexibility index (Phi) is 3.70. The number of Topliss-reactive ketones (excluding diaryl/α,β-unsaturated/α-hetero) is 1. The summed E-state index contributed by atoms with van der Waals surface area (Å²) in [5, 5.41) is 11.3. The zero-order valence-corrected chi connectivity index (χ0v) is 12.1. The number of ketones is 1. The first kappa shape index (κ1) is 14.4. The molecule has 0 spiro atoms. The average Bonchev–Trinajstić information content (AvgIpc) is 2.43. The number of carbonyl (C=O) groups excluding carboxylic acids is 1. The lowest BCUT2D eigenvalue weighted by atomic mass is 9.87. The van der Waals surface area contributed by atoms with Gasteiger partial charge in [0.05, 0.1) is 16.4 Å². The molecule has 2 unspecified atom stereocenters. The smallest absolute Gasteiger partial charge is 0.293 e. The number of nitrogens with zero attached hydrogens (tertiary/aromatic N) is 2. The van der Waals surface area contributed by atoms with E-state index in [0.717, 1.165) is 12.0 Å². The van der Waals surface area contributed by atoms with Gasteiger partial charge >= 0.3 is 0 Å². The Morgan fingerprint density at radius 3 is 2.65 bits per heavy atom. The molecule has 2 atom stereocenters. The summed E-state index contributed by atoms with van der Waals surface area (Å²) < 4.78 is 0. The van der Waals surface area contributed by atoms with E-state index in [2.05, 4.69) is 4.99 Å². The molecule has 0 aliphatic carbocycles. The highest BCUT2D eigenvalue weighted by molar-refractivity contribution is 6.18. The number of rotatable bonds is 3. The van der Waals surface area contributed by atoms with Crippen LogP contribution < -0.4 is 0 Å². The molecule has 0 aromatic heterocycles. The van der Waals surface area contributed by atoms with Gasteiger partial charge in [-0.3, -0.25) is 14.9 Å². The summed E-state index contributed by atoms with van der Waals surface area (Å²) in [6.45, 7) is 7.53.